The third-order valence-corrected chi connectivity index (χ3v) is 7.03. The number of aliphatic imine (C=N–C) groups is 1. The molecule has 0 spiro atoms. The Morgan fingerprint density at radius 2 is 2.00 bits per heavy atom. The normalized spacial score (nSPS) is 15.1. The largest absolute Gasteiger partial charge is 0.397 e. The van der Waals surface area contributed by atoms with Crippen LogP contribution < -0.4 is 11.1 Å². The monoisotopic (exact) mass is 497 g/mol. The smallest absolute Gasteiger partial charge is 0.368 e. The van der Waals surface area contributed by atoms with Crippen molar-refractivity contribution >= 4 is 35.3 Å². The van der Waals surface area contributed by atoms with Gasteiger partial charge in [-0.05, 0) is 57.9 Å². The summed E-state index contributed by atoms with van der Waals surface area (Å²) in [6, 6.07) is 1.67. The Morgan fingerprint density at radius 3 is 2.61 bits per heavy atom. The molecule has 3 N–H and O–H groups in total. The molecular weight excluding hydrogens is 467 g/mol. The molecule has 4 rings (SSSR count). The quantitative estimate of drug-likeness (QED) is 0.368. The number of nitrogens with two attached hydrogens (primary N) is 1. The summed E-state index contributed by atoms with van der Waals surface area (Å²) in [5, 5.41) is 4.20. The van der Waals surface area contributed by atoms with Crippen LogP contribution in [-0.2, 0) is 0 Å². The van der Waals surface area contributed by atoms with Crippen LogP contribution in [-0.4, -0.2) is 45.9 Å². The fraction of sp³-hybridized carbons (Fsp3) is 0.423. The van der Waals surface area contributed by atoms with E-state index in [-0.39, 0.29) is 11.4 Å². The first-order valence-electron chi connectivity index (χ1n) is 11.9. The van der Waals surface area contributed by atoms with Gasteiger partial charge in [-0.3, -0.25) is 4.98 Å². The van der Waals surface area contributed by atoms with Gasteiger partial charge in [-0.15, -0.1) is 0 Å². The molecule has 1 aliphatic carbocycles. The lowest BCUT2D eigenvalue weighted by Gasteiger charge is -2.29. The Morgan fingerprint density at radius 1 is 1.25 bits per heavy atom. The zero-order valence-electron chi connectivity index (χ0n) is 20.7. The third-order valence-electron chi connectivity index (χ3n) is 7.03. The minimum atomic E-state index is -4.43. The second kappa shape index (κ2) is 9.93. The maximum atomic E-state index is 13.7. The summed E-state index contributed by atoms with van der Waals surface area (Å²) < 4.78 is 41.2. The molecular formula is C26H30F3N7. The van der Waals surface area contributed by atoms with Gasteiger partial charge in [0.2, 0.25) is 0 Å². The highest BCUT2D eigenvalue weighted by atomic mass is 19.4. The van der Waals surface area contributed by atoms with Crippen molar-refractivity contribution in [3.8, 4) is 11.4 Å². The summed E-state index contributed by atoms with van der Waals surface area (Å²) in [5.41, 5.74) is 6.41. The standard InChI is InChI=1S/C26H30F3N7/c1-15(25(2,3)26(27,28)29)12-18-17(8-10-33-22(18)31-4)23-35-20-14-32-13-19(16-6-5-7-16)21(20)24(36-23)34-11-9-30/h8,10,12-14,16H,4-7,9,11,30H2,1-3H3,(H,34,35,36). The van der Waals surface area contributed by atoms with E-state index >= 15 is 0 Å². The van der Waals surface area contributed by atoms with Crippen molar-refractivity contribution in [1.29, 1.82) is 0 Å². The van der Waals surface area contributed by atoms with Crippen molar-refractivity contribution in [3.63, 3.8) is 0 Å². The molecule has 0 aliphatic heterocycles. The minimum absolute atomic E-state index is 0.102. The van der Waals surface area contributed by atoms with E-state index in [1.807, 2.05) is 6.20 Å². The van der Waals surface area contributed by atoms with Gasteiger partial charge in [-0.2, -0.15) is 13.2 Å². The van der Waals surface area contributed by atoms with Crippen molar-refractivity contribution in [2.75, 3.05) is 18.4 Å². The Labute approximate surface area is 208 Å². The number of anilines is 1. The summed E-state index contributed by atoms with van der Waals surface area (Å²) in [6.45, 7) is 8.20. The molecule has 0 unspecified atom stereocenters. The number of hydrogen-bond acceptors (Lipinski definition) is 7. The number of halogens is 3. The number of pyridine rings is 2. The first kappa shape index (κ1) is 25.7. The maximum absolute atomic E-state index is 13.7. The lowest BCUT2D eigenvalue weighted by atomic mass is 9.79. The van der Waals surface area contributed by atoms with Crippen LogP contribution >= 0.6 is 0 Å². The first-order chi connectivity index (χ1) is 17.1. The molecule has 7 nitrogen and oxygen atoms in total. The molecule has 36 heavy (non-hydrogen) atoms. The van der Waals surface area contributed by atoms with E-state index in [0.717, 1.165) is 37.6 Å². The van der Waals surface area contributed by atoms with Crippen molar-refractivity contribution < 1.29 is 13.2 Å². The average Bonchev–Trinajstić information content (AvgIpc) is 2.80. The van der Waals surface area contributed by atoms with Crippen LogP contribution in [0.2, 0.25) is 0 Å². The topological polar surface area (TPSA) is 102 Å². The van der Waals surface area contributed by atoms with Gasteiger partial charge in [0, 0.05) is 42.0 Å². The number of alkyl halides is 3. The number of nitrogens with zero attached hydrogens (tertiary/aromatic N) is 5. The number of rotatable bonds is 8. The second-order valence-electron chi connectivity index (χ2n) is 9.57. The Kier molecular flexibility index (Phi) is 7.08. The van der Waals surface area contributed by atoms with Crippen LogP contribution in [0.1, 0.15) is 57.1 Å². The van der Waals surface area contributed by atoms with E-state index in [1.54, 1.807) is 12.3 Å². The summed E-state index contributed by atoms with van der Waals surface area (Å²) in [6.07, 6.45) is 5.42. The van der Waals surface area contributed by atoms with Crippen LogP contribution in [0.5, 0.6) is 0 Å². The highest BCUT2D eigenvalue weighted by Crippen LogP contribution is 2.45. The molecule has 1 fully saturated rings. The fourth-order valence-corrected chi connectivity index (χ4v) is 4.12. The van der Waals surface area contributed by atoms with Crippen LogP contribution in [0.15, 0.2) is 35.2 Å². The fourth-order valence-electron chi connectivity index (χ4n) is 4.12. The molecule has 10 heteroatoms. The van der Waals surface area contributed by atoms with E-state index in [4.69, 9.17) is 15.7 Å². The van der Waals surface area contributed by atoms with Gasteiger partial charge in [0.25, 0.3) is 0 Å². The molecule has 1 saturated carbocycles. The maximum Gasteiger partial charge on any atom is 0.397 e. The van der Waals surface area contributed by atoms with E-state index < -0.39 is 11.6 Å². The van der Waals surface area contributed by atoms with Gasteiger partial charge >= 0.3 is 6.18 Å². The van der Waals surface area contributed by atoms with Crippen molar-refractivity contribution in [2.24, 2.45) is 16.1 Å². The van der Waals surface area contributed by atoms with Crippen LogP contribution in [0.3, 0.4) is 0 Å². The van der Waals surface area contributed by atoms with Crippen molar-refractivity contribution in [3.05, 3.63) is 41.4 Å². The minimum Gasteiger partial charge on any atom is -0.368 e. The van der Waals surface area contributed by atoms with Crippen molar-refractivity contribution in [1.82, 2.24) is 19.9 Å². The number of hydrogen-bond donors (Lipinski definition) is 2. The van der Waals surface area contributed by atoms with Crippen LogP contribution in [0, 0.1) is 5.41 Å². The molecule has 190 valence electrons. The first-order valence-corrected chi connectivity index (χ1v) is 11.9. The predicted octanol–water partition coefficient (Wildman–Crippen LogP) is 6.05. The third kappa shape index (κ3) is 4.69. The molecule has 3 aromatic rings. The lowest BCUT2D eigenvalue weighted by Crippen LogP contribution is -2.33. The molecule has 0 atom stereocenters. The molecule has 3 heterocycles. The predicted molar refractivity (Wildman–Crippen MR) is 137 cm³/mol. The van der Waals surface area contributed by atoms with Gasteiger partial charge in [0.05, 0.1) is 17.1 Å². The van der Waals surface area contributed by atoms with Gasteiger partial charge in [0.1, 0.15) is 5.82 Å². The van der Waals surface area contributed by atoms with Crippen LogP contribution in [0.4, 0.5) is 24.8 Å². The summed E-state index contributed by atoms with van der Waals surface area (Å²) in [5.74, 6) is 1.55. The zero-order chi connectivity index (χ0) is 26.1. The van der Waals surface area contributed by atoms with E-state index in [1.165, 1.54) is 25.6 Å². The molecule has 3 aromatic heterocycles. The summed E-state index contributed by atoms with van der Waals surface area (Å²) >= 11 is 0. The van der Waals surface area contributed by atoms with Crippen LogP contribution in [0.25, 0.3) is 28.4 Å². The molecule has 1 aliphatic rings. The van der Waals surface area contributed by atoms with Gasteiger partial charge in [-0.1, -0.05) is 18.1 Å². The average molecular weight is 498 g/mol. The van der Waals surface area contributed by atoms with E-state index in [2.05, 4.69) is 27.0 Å². The van der Waals surface area contributed by atoms with Gasteiger partial charge in [0.15, 0.2) is 11.6 Å². The number of fused-ring (bicyclic) bond motifs is 1. The highest BCUT2D eigenvalue weighted by molar-refractivity contribution is 5.94. The Balaban J connectivity index is 1.94. The zero-order valence-corrected chi connectivity index (χ0v) is 20.7. The lowest BCUT2D eigenvalue weighted by molar-refractivity contribution is -0.197. The van der Waals surface area contributed by atoms with Gasteiger partial charge in [-0.25, -0.2) is 19.9 Å². The molecule has 0 amide bonds. The van der Waals surface area contributed by atoms with E-state index in [0.29, 0.717) is 47.3 Å². The summed E-state index contributed by atoms with van der Waals surface area (Å²) in [4.78, 5) is 22.2. The summed E-state index contributed by atoms with van der Waals surface area (Å²) in [7, 11) is 0. The number of aromatic nitrogens is 4. The Bertz CT molecular complexity index is 1310. The number of nitrogens with one attached hydrogen (secondary N) is 1. The SMILES string of the molecule is C=Nc1nccc(-c2nc(NCCN)c3c(C4CCC4)cncc3n2)c1C=C(C)C(C)(C)C(F)(F)F. The molecule has 0 bridgehead atoms. The second-order valence-corrected chi connectivity index (χ2v) is 9.57. The molecule has 0 aromatic carbocycles. The van der Waals surface area contributed by atoms with Gasteiger partial charge < -0.3 is 11.1 Å². The molecule has 0 radical (unpaired) electrons. The molecule has 0 saturated heterocycles. The Hall–Kier alpha value is -3.40. The van der Waals surface area contributed by atoms with E-state index in [9.17, 15) is 13.2 Å². The highest BCUT2D eigenvalue weighted by Gasteiger charge is 2.48. The van der Waals surface area contributed by atoms with Crippen molar-refractivity contribution in [2.45, 2.75) is 52.1 Å². The number of allylic oxidation sites excluding steroid dienone is 1.